The van der Waals surface area contributed by atoms with Gasteiger partial charge in [-0.1, -0.05) is 26.1 Å². The van der Waals surface area contributed by atoms with E-state index >= 15 is 0 Å². The first-order valence-electron chi connectivity index (χ1n) is 5.73. The average Bonchev–Trinajstić information content (AvgIpc) is 2.83. The molecule has 0 amide bonds. The third kappa shape index (κ3) is 2.99. The van der Waals surface area contributed by atoms with E-state index in [0.717, 1.165) is 28.2 Å². The minimum atomic E-state index is 0.423. The van der Waals surface area contributed by atoms with Gasteiger partial charge in [0.1, 0.15) is 4.99 Å². The zero-order valence-corrected chi connectivity index (χ0v) is 12.5. The smallest absolute Gasteiger partial charge is 0.105 e. The van der Waals surface area contributed by atoms with E-state index < -0.39 is 0 Å². The molecule has 1 aromatic rings. The van der Waals surface area contributed by atoms with E-state index in [9.17, 15) is 0 Å². The van der Waals surface area contributed by atoms with E-state index in [2.05, 4.69) is 35.1 Å². The van der Waals surface area contributed by atoms with Crippen LogP contribution < -0.4 is 11.1 Å². The zero-order chi connectivity index (χ0) is 12.6. The lowest BCUT2D eigenvalue weighted by Gasteiger charge is -2.10. The van der Waals surface area contributed by atoms with Gasteiger partial charge in [0.05, 0.1) is 0 Å². The standard InChI is InChI=1S/C13H17BrN2S/c1-13(2)6-8(13)7-16-9-3-4-10(12(15)17)11(14)5-9/h3-5,8,16H,6-7H2,1-2H3,(H2,15,17). The first kappa shape index (κ1) is 12.8. The molecule has 0 aliphatic heterocycles. The molecular weight excluding hydrogens is 296 g/mol. The summed E-state index contributed by atoms with van der Waals surface area (Å²) in [5.41, 5.74) is 8.13. The first-order chi connectivity index (χ1) is 7.90. The Balaban J connectivity index is 1.98. The number of anilines is 1. The maximum atomic E-state index is 5.61. The molecule has 1 aromatic carbocycles. The van der Waals surface area contributed by atoms with Gasteiger partial charge in [0, 0.05) is 22.3 Å². The Morgan fingerprint density at radius 2 is 2.24 bits per heavy atom. The van der Waals surface area contributed by atoms with Crippen LogP contribution in [0.15, 0.2) is 22.7 Å². The summed E-state index contributed by atoms with van der Waals surface area (Å²) in [4.78, 5) is 0.423. The predicted molar refractivity (Wildman–Crippen MR) is 80.4 cm³/mol. The second-order valence-electron chi connectivity index (χ2n) is 5.33. The van der Waals surface area contributed by atoms with Crippen molar-refractivity contribution < 1.29 is 0 Å². The van der Waals surface area contributed by atoms with Gasteiger partial charge < -0.3 is 11.1 Å². The molecule has 92 valence electrons. The Labute approximate surface area is 116 Å². The Morgan fingerprint density at radius 1 is 1.59 bits per heavy atom. The van der Waals surface area contributed by atoms with Crippen LogP contribution in [0.1, 0.15) is 25.8 Å². The van der Waals surface area contributed by atoms with Gasteiger partial charge in [-0.05, 0) is 51.9 Å². The molecule has 0 radical (unpaired) electrons. The largest absolute Gasteiger partial charge is 0.389 e. The van der Waals surface area contributed by atoms with Gasteiger partial charge >= 0.3 is 0 Å². The monoisotopic (exact) mass is 312 g/mol. The van der Waals surface area contributed by atoms with Gasteiger partial charge in [-0.2, -0.15) is 0 Å². The van der Waals surface area contributed by atoms with Crippen molar-refractivity contribution in [3.05, 3.63) is 28.2 Å². The van der Waals surface area contributed by atoms with Gasteiger partial charge in [-0.3, -0.25) is 0 Å². The van der Waals surface area contributed by atoms with E-state index in [-0.39, 0.29) is 0 Å². The van der Waals surface area contributed by atoms with Crippen molar-refractivity contribution in [2.24, 2.45) is 17.1 Å². The molecule has 1 saturated carbocycles. The Morgan fingerprint density at radius 3 is 2.71 bits per heavy atom. The quantitative estimate of drug-likeness (QED) is 0.835. The molecule has 0 heterocycles. The molecule has 1 fully saturated rings. The van der Waals surface area contributed by atoms with Crippen LogP contribution in [0.2, 0.25) is 0 Å². The average molecular weight is 313 g/mol. The van der Waals surface area contributed by atoms with Crippen LogP contribution >= 0.6 is 28.1 Å². The van der Waals surface area contributed by atoms with Gasteiger partial charge in [0.25, 0.3) is 0 Å². The van der Waals surface area contributed by atoms with Crippen molar-refractivity contribution in [1.82, 2.24) is 0 Å². The summed E-state index contributed by atoms with van der Waals surface area (Å²) >= 11 is 8.45. The molecule has 3 N–H and O–H groups in total. The second kappa shape index (κ2) is 4.58. The second-order valence-corrected chi connectivity index (χ2v) is 6.62. The fraction of sp³-hybridized carbons (Fsp3) is 0.462. The third-order valence-electron chi connectivity index (χ3n) is 3.50. The molecule has 4 heteroatoms. The van der Waals surface area contributed by atoms with Gasteiger partial charge in [0.15, 0.2) is 0 Å². The van der Waals surface area contributed by atoms with Crippen LogP contribution in [0, 0.1) is 11.3 Å². The molecule has 1 unspecified atom stereocenters. The van der Waals surface area contributed by atoms with Crippen LogP contribution in [0.25, 0.3) is 0 Å². The van der Waals surface area contributed by atoms with Crippen molar-refractivity contribution in [2.45, 2.75) is 20.3 Å². The van der Waals surface area contributed by atoms with Crippen molar-refractivity contribution in [2.75, 3.05) is 11.9 Å². The lowest BCUT2D eigenvalue weighted by molar-refractivity contribution is 0.573. The zero-order valence-electron chi connectivity index (χ0n) is 10.1. The van der Waals surface area contributed by atoms with Crippen LogP contribution in [-0.2, 0) is 0 Å². The summed E-state index contributed by atoms with van der Waals surface area (Å²) in [5, 5.41) is 3.46. The number of rotatable bonds is 4. The van der Waals surface area contributed by atoms with Crippen molar-refractivity contribution >= 4 is 38.8 Å². The molecule has 0 saturated heterocycles. The molecule has 2 rings (SSSR count). The third-order valence-corrected chi connectivity index (χ3v) is 4.38. The maximum absolute atomic E-state index is 5.61. The van der Waals surface area contributed by atoms with E-state index in [4.69, 9.17) is 18.0 Å². The molecule has 17 heavy (non-hydrogen) atoms. The number of hydrogen-bond acceptors (Lipinski definition) is 2. The van der Waals surface area contributed by atoms with E-state index in [1.54, 1.807) is 0 Å². The van der Waals surface area contributed by atoms with E-state index in [0.29, 0.717) is 10.4 Å². The van der Waals surface area contributed by atoms with Crippen LogP contribution in [0.3, 0.4) is 0 Å². The molecule has 0 spiro atoms. The van der Waals surface area contributed by atoms with Crippen LogP contribution in [0.4, 0.5) is 5.69 Å². The predicted octanol–water partition coefficient (Wildman–Crippen LogP) is 3.54. The summed E-state index contributed by atoms with van der Waals surface area (Å²) in [6.07, 6.45) is 1.31. The van der Waals surface area contributed by atoms with Crippen molar-refractivity contribution in [1.29, 1.82) is 0 Å². The number of thiocarbonyl (C=S) groups is 1. The van der Waals surface area contributed by atoms with Crippen LogP contribution in [-0.4, -0.2) is 11.5 Å². The van der Waals surface area contributed by atoms with Crippen LogP contribution in [0.5, 0.6) is 0 Å². The van der Waals surface area contributed by atoms with Crippen molar-refractivity contribution in [3.63, 3.8) is 0 Å². The van der Waals surface area contributed by atoms with Gasteiger partial charge in [-0.25, -0.2) is 0 Å². The van der Waals surface area contributed by atoms with Crippen molar-refractivity contribution in [3.8, 4) is 0 Å². The summed E-state index contributed by atoms with van der Waals surface area (Å²) in [5.74, 6) is 0.788. The highest BCUT2D eigenvalue weighted by Crippen LogP contribution is 2.51. The highest BCUT2D eigenvalue weighted by atomic mass is 79.9. The molecule has 1 aliphatic rings. The molecular formula is C13H17BrN2S. The lowest BCUT2D eigenvalue weighted by atomic mass is 10.1. The highest BCUT2D eigenvalue weighted by molar-refractivity contribution is 9.10. The SMILES string of the molecule is CC1(C)CC1CNc1ccc(C(N)=S)c(Br)c1. The Bertz CT molecular complexity index is 457. The fourth-order valence-corrected chi connectivity index (χ4v) is 2.89. The number of nitrogens with one attached hydrogen (secondary N) is 1. The number of hydrogen-bond donors (Lipinski definition) is 2. The molecule has 0 bridgehead atoms. The number of benzene rings is 1. The summed E-state index contributed by atoms with van der Waals surface area (Å²) in [6, 6.07) is 6.01. The minimum Gasteiger partial charge on any atom is -0.389 e. The van der Waals surface area contributed by atoms with E-state index in [1.807, 2.05) is 18.2 Å². The lowest BCUT2D eigenvalue weighted by Crippen LogP contribution is -2.11. The Hall–Kier alpha value is -0.610. The summed E-state index contributed by atoms with van der Waals surface area (Å²) in [7, 11) is 0. The molecule has 1 aliphatic carbocycles. The molecule has 1 atom stereocenters. The highest BCUT2D eigenvalue weighted by Gasteiger charge is 2.44. The maximum Gasteiger partial charge on any atom is 0.105 e. The van der Waals surface area contributed by atoms with E-state index in [1.165, 1.54) is 6.42 Å². The van der Waals surface area contributed by atoms with Gasteiger partial charge in [0.2, 0.25) is 0 Å². The topological polar surface area (TPSA) is 38.0 Å². The number of nitrogens with two attached hydrogens (primary N) is 1. The molecule has 0 aromatic heterocycles. The number of halogens is 1. The summed E-state index contributed by atoms with van der Waals surface area (Å²) in [6.45, 7) is 5.66. The van der Waals surface area contributed by atoms with Gasteiger partial charge in [-0.15, -0.1) is 0 Å². The Kier molecular flexibility index (Phi) is 3.46. The summed E-state index contributed by atoms with van der Waals surface area (Å²) < 4.78 is 0.949. The molecule has 2 nitrogen and oxygen atoms in total. The minimum absolute atomic E-state index is 0.423. The first-order valence-corrected chi connectivity index (χ1v) is 6.93. The normalized spacial score (nSPS) is 21.0. The fourth-order valence-electron chi connectivity index (χ4n) is 1.99.